The smallest absolute Gasteiger partial charge is 0.294 e. The number of hydrogen-bond acceptors (Lipinski definition) is 2. The van der Waals surface area contributed by atoms with Crippen molar-refractivity contribution in [3.63, 3.8) is 0 Å². The van der Waals surface area contributed by atoms with Crippen molar-refractivity contribution in [3.8, 4) is 11.3 Å². The lowest BCUT2D eigenvalue weighted by molar-refractivity contribution is -0.00591. The standard InChI is InChI=1S/C21H18F5N3/c1-3-9-21(25,26)20-11-19(29(2)28-20)13-7-8-18(17(24)10-13)27-12-14-15(22)5-4-6-16(14)23/h3-8,10-11,27H,1,9,12H2,2H3. The number of aromatic nitrogens is 2. The maximum absolute atomic E-state index is 14.5. The van der Waals surface area contributed by atoms with E-state index >= 15 is 0 Å². The van der Waals surface area contributed by atoms with E-state index < -0.39 is 35.5 Å². The minimum absolute atomic E-state index is 0.0239. The summed E-state index contributed by atoms with van der Waals surface area (Å²) in [5, 5.41) is 6.46. The Kier molecular flexibility index (Phi) is 5.72. The van der Waals surface area contributed by atoms with Crippen LogP contribution in [0.25, 0.3) is 11.3 Å². The van der Waals surface area contributed by atoms with Crippen molar-refractivity contribution in [3.05, 3.63) is 83.8 Å². The van der Waals surface area contributed by atoms with Crippen LogP contribution >= 0.6 is 0 Å². The lowest BCUT2D eigenvalue weighted by Gasteiger charge is -2.11. The molecule has 0 atom stereocenters. The molecule has 3 aromatic rings. The van der Waals surface area contributed by atoms with Crippen molar-refractivity contribution >= 4 is 5.69 Å². The number of nitrogens with one attached hydrogen (secondary N) is 1. The normalized spacial score (nSPS) is 11.5. The third kappa shape index (κ3) is 4.31. The Balaban J connectivity index is 1.83. The molecule has 3 nitrogen and oxygen atoms in total. The van der Waals surface area contributed by atoms with Crippen LogP contribution in [0.2, 0.25) is 0 Å². The second kappa shape index (κ2) is 8.06. The third-order valence-corrected chi connectivity index (χ3v) is 4.44. The van der Waals surface area contributed by atoms with Crippen LogP contribution < -0.4 is 5.32 Å². The van der Waals surface area contributed by atoms with E-state index in [1.165, 1.54) is 36.0 Å². The van der Waals surface area contributed by atoms with Crippen LogP contribution in [0.5, 0.6) is 0 Å². The van der Waals surface area contributed by atoms with Crippen molar-refractivity contribution < 1.29 is 22.0 Å². The van der Waals surface area contributed by atoms with Crippen LogP contribution in [-0.4, -0.2) is 9.78 Å². The molecular weight excluding hydrogens is 389 g/mol. The Morgan fingerprint density at radius 3 is 2.38 bits per heavy atom. The first kappa shape index (κ1) is 20.6. The summed E-state index contributed by atoms with van der Waals surface area (Å²) in [4.78, 5) is 0. The number of benzene rings is 2. The van der Waals surface area contributed by atoms with Crippen molar-refractivity contribution in [2.45, 2.75) is 18.9 Å². The fourth-order valence-electron chi connectivity index (χ4n) is 2.90. The maximum atomic E-state index is 14.5. The molecule has 0 saturated heterocycles. The first-order valence-electron chi connectivity index (χ1n) is 8.73. The summed E-state index contributed by atoms with van der Waals surface area (Å²) in [6.45, 7) is 3.06. The summed E-state index contributed by atoms with van der Waals surface area (Å²) in [5.74, 6) is -5.35. The van der Waals surface area contributed by atoms with Gasteiger partial charge in [-0.15, -0.1) is 6.58 Å². The van der Waals surface area contributed by atoms with Crippen LogP contribution in [-0.2, 0) is 19.5 Å². The van der Waals surface area contributed by atoms with Crippen molar-refractivity contribution in [1.82, 2.24) is 9.78 Å². The first-order valence-corrected chi connectivity index (χ1v) is 8.73. The third-order valence-electron chi connectivity index (χ3n) is 4.44. The minimum Gasteiger partial charge on any atom is -0.378 e. The molecule has 1 heterocycles. The molecule has 0 spiro atoms. The zero-order chi connectivity index (χ0) is 21.2. The molecule has 2 aromatic carbocycles. The van der Waals surface area contributed by atoms with Crippen LogP contribution in [0.3, 0.4) is 0 Å². The van der Waals surface area contributed by atoms with Gasteiger partial charge in [0.2, 0.25) is 0 Å². The van der Waals surface area contributed by atoms with Gasteiger partial charge in [0.15, 0.2) is 0 Å². The summed E-state index contributed by atoms with van der Waals surface area (Å²) < 4.78 is 71.2. The fraction of sp³-hybridized carbons (Fsp3) is 0.190. The van der Waals surface area contributed by atoms with Gasteiger partial charge in [-0.1, -0.05) is 18.2 Å². The maximum Gasteiger partial charge on any atom is 0.294 e. The molecule has 1 aromatic heterocycles. The van der Waals surface area contributed by atoms with Crippen LogP contribution in [0, 0.1) is 17.5 Å². The molecule has 29 heavy (non-hydrogen) atoms. The van der Waals surface area contributed by atoms with Gasteiger partial charge in [0.25, 0.3) is 5.92 Å². The largest absolute Gasteiger partial charge is 0.378 e. The summed E-state index contributed by atoms with van der Waals surface area (Å²) in [6, 6.07) is 8.69. The molecule has 0 aliphatic rings. The highest BCUT2D eigenvalue weighted by Crippen LogP contribution is 2.34. The predicted octanol–water partition coefficient (Wildman–Crippen LogP) is 5.78. The molecule has 0 unspecified atom stereocenters. The number of alkyl halides is 2. The Hall–Kier alpha value is -3.16. The molecule has 0 aliphatic carbocycles. The van der Waals surface area contributed by atoms with Gasteiger partial charge in [0.1, 0.15) is 23.1 Å². The molecule has 0 aliphatic heterocycles. The monoisotopic (exact) mass is 407 g/mol. The summed E-state index contributed by atoms with van der Waals surface area (Å²) in [6.07, 6.45) is 0.542. The Morgan fingerprint density at radius 1 is 1.07 bits per heavy atom. The van der Waals surface area contributed by atoms with Gasteiger partial charge < -0.3 is 5.32 Å². The number of rotatable bonds is 7. The van der Waals surface area contributed by atoms with E-state index in [2.05, 4.69) is 17.0 Å². The van der Waals surface area contributed by atoms with E-state index in [-0.39, 0.29) is 17.8 Å². The van der Waals surface area contributed by atoms with E-state index in [1.807, 2.05) is 0 Å². The van der Waals surface area contributed by atoms with Gasteiger partial charge in [-0.25, -0.2) is 13.2 Å². The van der Waals surface area contributed by atoms with Gasteiger partial charge in [-0.3, -0.25) is 4.68 Å². The van der Waals surface area contributed by atoms with Crippen molar-refractivity contribution in [1.29, 1.82) is 0 Å². The highest BCUT2D eigenvalue weighted by molar-refractivity contribution is 5.64. The first-order chi connectivity index (χ1) is 13.7. The summed E-state index contributed by atoms with van der Waals surface area (Å²) >= 11 is 0. The highest BCUT2D eigenvalue weighted by Gasteiger charge is 2.33. The van der Waals surface area contributed by atoms with E-state index in [0.29, 0.717) is 11.3 Å². The van der Waals surface area contributed by atoms with Gasteiger partial charge >= 0.3 is 0 Å². The van der Waals surface area contributed by atoms with Crippen molar-refractivity contribution in [2.24, 2.45) is 7.05 Å². The SMILES string of the molecule is C=CCC(F)(F)c1cc(-c2ccc(NCc3c(F)cccc3F)c(F)c2)n(C)n1. The lowest BCUT2D eigenvalue weighted by Crippen LogP contribution is -2.13. The van der Waals surface area contributed by atoms with E-state index in [1.54, 1.807) is 0 Å². The molecule has 0 saturated carbocycles. The zero-order valence-electron chi connectivity index (χ0n) is 15.5. The predicted molar refractivity (Wildman–Crippen MR) is 101 cm³/mol. The number of hydrogen-bond donors (Lipinski definition) is 1. The summed E-state index contributed by atoms with van der Waals surface area (Å²) in [5.41, 5.74) is 0.00938. The summed E-state index contributed by atoms with van der Waals surface area (Å²) in [7, 11) is 1.48. The second-order valence-corrected chi connectivity index (χ2v) is 6.48. The zero-order valence-corrected chi connectivity index (χ0v) is 15.5. The lowest BCUT2D eigenvalue weighted by atomic mass is 10.1. The molecule has 8 heteroatoms. The van der Waals surface area contributed by atoms with E-state index in [9.17, 15) is 22.0 Å². The molecular formula is C21H18F5N3. The molecule has 0 amide bonds. The van der Waals surface area contributed by atoms with E-state index in [0.717, 1.165) is 24.3 Å². The average molecular weight is 407 g/mol. The molecule has 0 radical (unpaired) electrons. The van der Waals surface area contributed by atoms with E-state index in [4.69, 9.17) is 0 Å². The van der Waals surface area contributed by atoms with Gasteiger partial charge in [-0.2, -0.15) is 13.9 Å². The number of halogens is 5. The number of allylic oxidation sites excluding steroid dienone is 1. The Bertz CT molecular complexity index is 1020. The fourth-order valence-corrected chi connectivity index (χ4v) is 2.90. The number of anilines is 1. The molecule has 0 bridgehead atoms. The van der Waals surface area contributed by atoms with Crippen LogP contribution in [0.1, 0.15) is 17.7 Å². The Morgan fingerprint density at radius 2 is 1.76 bits per heavy atom. The van der Waals surface area contributed by atoms with Crippen molar-refractivity contribution in [2.75, 3.05) is 5.32 Å². The quantitative estimate of drug-likeness (QED) is 0.397. The number of nitrogens with zero attached hydrogens (tertiary/aromatic N) is 2. The highest BCUT2D eigenvalue weighted by atomic mass is 19.3. The van der Waals surface area contributed by atoms with Gasteiger partial charge in [0.05, 0.1) is 11.4 Å². The molecule has 152 valence electrons. The molecule has 0 fully saturated rings. The minimum atomic E-state index is -3.18. The average Bonchev–Trinajstić information content (AvgIpc) is 3.05. The van der Waals surface area contributed by atoms with Gasteiger partial charge in [-0.05, 0) is 30.3 Å². The topological polar surface area (TPSA) is 29.9 Å². The molecule has 3 rings (SSSR count). The molecule has 1 N–H and O–H groups in total. The Labute approximate surface area is 164 Å². The second-order valence-electron chi connectivity index (χ2n) is 6.48. The van der Waals surface area contributed by atoms with Gasteiger partial charge in [0, 0.05) is 31.1 Å². The van der Waals surface area contributed by atoms with Crippen LogP contribution in [0.15, 0.2) is 55.1 Å². The van der Waals surface area contributed by atoms with Crippen LogP contribution in [0.4, 0.5) is 27.6 Å². The number of aryl methyl sites for hydroxylation is 1.